The average molecular weight is 505 g/mol. The van der Waals surface area contributed by atoms with Crippen LogP contribution >= 0.6 is 0 Å². The Morgan fingerprint density at radius 1 is 1.08 bits per heavy atom. The molecule has 10 heteroatoms. The summed E-state index contributed by atoms with van der Waals surface area (Å²) in [5.74, 6) is -10.5. The van der Waals surface area contributed by atoms with Gasteiger partial charge in [0.15, 0.2) is 23.3 Å². The summed E-state index contributed by atoms with van der Waals surface area (Å²) in [6, 6.07) is 9.40. The van der Waals surface area contributed by atoms with E-state index in [2.05, 4.69) is 11.3 Å². The van der Waals surface area contributed by atoms with Crippen molar-refractivity contribution in [1.29, 1.82) is 5.26 Å². The number of aliphatic carboxylic acids is 1. The lowest BCUT2D eigenvalue weighted by Gasteiger charge is -2.21. The first-order valence-electron chi connectivity index (χ1n) is 10.8. The Hall–Kier alpha value is -3.71. The number of carbonyl (C=O) groups excluding carboxylic acids is 1. The van der Waals surface area contributed by atoms with Crippen molar-refractivity contribution in [2.24, 2.45) is 16.7 Å². The second kappa shape index (κ2) is 9.74. The van der Waals surface area contributed by atoms with Crippen LogP contribution in [0.15, 0.2) is 42.5 Å². The maximum Gasteiger partial charge on any atom is 0.338 e. The summed E-state index contributed by atoms with van der Waals surface area (Å²) in [5, 5.41) is 19.6. The van der Waals surface area contributed by atoms with E-state index in [1.807, 2.05) is 0 Å². The lowest BCUT2D eigenvalue weighted by atomic mass is 9.86. The summed E-state index contributed by atoms with van der Waals surface area (Å²) in [7, 11) is 1.08. The lowest BCUT2D eigenvalue weighted by molar-refractivity contribution is -0.145. The first kappa shape index (κ1) is 26.9. The maximum atomic E-state index is 14.9. The van der Waals surface area contributed by atoms with E-state index in [1.54, 1.807) is 24.3 Å². The van der Waals surface area contributed by atoms with E-state index >= 15 is 0 Å². The lowest BCUT2D eigenvalue weighted by Crippen LogP contribution is -2.30. The van der Waals surface area contributed by atoms with Crippen LogP contribution in [-0.2, 0) is 27.3 Å². The number of carboxylic acid groups (broad SMARTS) is 1. The van der Waals surface area contributed by atoms with Gasteiger partial charge in [-0.2, -0.15) is 5.26 Å². The summed E-state index contributed by atoms with van der Waals surface area (Å²) in [6.07, 6.45) is -2.46. The highest BCUT2D eigenvalue weighted by Crippen LogP contribution is 2.73. The van der Waals surface area contributed by atoms with E-state index in [4.69, 9.17) is 4.74 Å². The highest BCUT2D eigenvalue weighted by atomic mass is 19.2. The van der Waals surface area contributed by atoms with E-state index in [0.717, 1.165) is 7.11 Å². The van der Waals surface area contributed by atoms with Gasteiger partial charge in [-0.15, -0.1) is 0 Å². The van der Waals surface area contributed by atoms with Gasteiger partial charge in [0.25, 0.3) is 0 Å². The van der Waals surface area contributed by atoms with Crippen molar-refractivity contribution in [3.8, 4) is 6.07 Å². The number of nitrogens with zero attached hydrogens (tertiary/aromatic N) is 1. The molecule has 36 heavy (non-hydrogen) atoms. The van der Waals surface area contributed by atoms with Crippen LogP contribution < -0.4 is 0 Å². The van der Waals surface area contributed by atoms with Crippen molar-refractivity contribution in [1.82, 2.24) is 0 Å². The Kier molecular flexibility index (Phi) is 7.27. The molecule has 0 aliphatic heterocycles. The first-order chi connectivity index (χ1) is 16.9. The quantitative estimate of drug-likeness (QED) is 0.224. The zero-order valence-electron chi connectivity index (χ0n) is 19.7. The number of benzene rings is 2. The largest absolute Gasteiger partial charge is 0.481 e. The van der Waals surface area contributed by atoms with Crippen LogP contribution in [0, 0.1) is 51.3 Å². The number of rotatable bonds is 9. The second-order valence-electron chi connectivity index (χ2n) is 9.13. The average Bonchev–Trinajstić information content (AvgIpc) is 3.36. The highest BCUT2D eigenvalue weighted by Gasteiger charge is 2.79. The zero-order chi connectivity index (χ0) is 27.0. The number of carbonyl (C=O) groups is 2. The third-order valence-electron chi connectivity index (χ3n) is 6.98. The molecular formula is C26H23F4NO5. The number of hydrogen-bond donors (Lipinski definition) is 1. The number of nitriles is 1. The predicted octanol–water partition coefficient (Wildman–Crippen LogP) is 4.96. The Labute approximate surface area is 204 Å². The molecule has 0 saturated heterocycles. The number of ether oxygens (including phenoxy) is 2. The fourth-order valence-corrected chi connectivity index (χ4v) is 4.94. The van der Waals surface area contributed by atoms with Gasteiger partial charge in [0.1, 0.15) is 6.10 Å². The minimum atomic E-state index is -2.06. The minimum Gasteiger partial charge on any atom is -0.481 e. The van der Waals surface area contributed by atoms with Gasteiger partial charge in [-0.1, -0.05) is 38.6 Å². The normalized spacial score (nSPS) is 20.8. The van der Waals surface area contributed by atoms with E-state index in [0.29, 0.717) is 0 Å². The molecule has 0 aromatic heterocycles. The number of esters is 1. The van der Waals surface area contributed by atoms with Crippen LogP contribution in [0.25, 0.3) is 0 Å². The molecule has 1 aliphatic rings. The fraction of sp³-hybridized carbons (Fsp3) is 0.346. The standard InChI is InChI=1S/C26H23F4NO5/c1-13(11-31)21(36-23(32)14-8-6-5-7-9-14)22-25(2,3)26(22,24(33)34)10-15-17(27)19(29)16(12-35-4)20(30)18(15)28/h5-9,21-22H,1,10,12H2,2-4H3,(H,33,34). The Morgan fingerprint density at radius 3 is 2.08 bits per heavy atom. The van der Waals surface area contributed by atoms with Gasteiger partial charge in [0.2, 0.25) is 0 Å². The predicted molar refractivity (Wildman–Crippen MR) is 118 cm³/mol. The molecule has 1 saturated carbocycles. The molecule has 1 aliphatic carbocycles. The molecule has 2 aromatic rings. The molecule has 0 heterocycles. The molecule has 3 atom stereocenters. The Bertz CT molecular complexity index is 1240. The number of methoxy groups -OCH3 is 1. The summed E-state index contributed by atoms with van der Waals surface area (Å²) in [6.45, 7) is 5.68. The SMILES string of the molecule is C=C(C#N)C(OC(=O)c1ccccc1)C1C(C)(C)C1(Cc1c(F)c(F)c(COC)c(F)c1F)C(=O)O. The fourth-order valence-electron chi connectivity index (χ4n) is 4.94. The minimum absolute atomic E-state index is 0.114. The van der Waals surface area contributed by atoms with E-state index in [-0.39, 0.29) is 11.1 Å². The van der Waals surface area contributed by atoms with Crippen LogP contribution in [0.2, 0.25) is 0 Å². The molecule has 0 radical (unpaired) electrons. The molecule has 1 fully saturated rings. The summed E-state index contributed by atoms with van der Waals surface area (Å²) >= 11 is 0. The van der Waals surface area contributed by atoms with Gasteiger partial charge >= 0.3 is 11.9 Å². The zero-order valence-corrected chi connectivity index (χ0v) is 19.7. The van der Waals surface area contributed by atoms with Gasteiger partial charge < -0.3 is 14.6 Å². The first-order valence-corrected chi connectivity index (χ1v) is 10.8. The summed E-state index contributed by atoms with van der Waals surface area (Å²) < 4.78 is 68.9. The van der Waals surface area contributed by atoms with Crippen molar-refractivity contribution in [2.75, 3.05) is 7.11 Å². The highest BCUT2D eigenvalue weighted by molar-refractivity contribution is 5.90. The number of carboxylic acids is 1. The van der Waals surface area contributed by atoms with Gasteiger partial charge in [0, 0.05) is 18.6 Å². The Morgan fingerprint density at radius 2 is 1.61 bits per heavy atom. The monoisotopic (exact) mass is 505 g/mol. The van der Waals surface area contributed by atoms with Crippen LogP contribution in [0.1, 0.15) is 35.3 Å². The molecule has 0 bridgehead atoms. The van der Waals surface area contributed by atoms with Crippen molar-refractivity contribution >= 4 is 11.9 Å². The molecule has 0 amide bonds. The number of hydrogen-bond acceptors (Lipinski definition) is 5. The molecule has 190 valence electrons. The molecular weight excluding hydrogens is 482 g/mol. The number of halogens is 4. The van der Waals surface area contributed by atoms with Crippen LogP contribution in [0.5, 0.6) is 0 Å². The van der Waals surface area contributed by atoms with Gasteiger partial charge in [-0.3, -0.25) is 4.79 Å². The third-order valence-corrected chi connectivity index (χ3v) is 6.98. The van der Waals surface area contributed by atoms with Crippen LogP contribution in [0.4, 0.5) is 17.6 Å². The third kappa shape index (κ3) is 4.13. The van der Waals surface area contributed by atoms with Crippen molar-refractivity contribution in [2.45, 2.75) is 33.0 Å². The van der Waals surface area contributed by atoms with Gasteiger partial charge in [-0.05, 0) is 24.0 Å². The Balaban J connectivity index is 2.09. The van der Waals surface area contributed by atoms with E-state index in [1.165, 1.54) is 26.0 Å². The summed E-state index contributed by atoms with van der Waals surface area (Å²) in [5.41, 5.74) is -5.66. The molecule has 2 aromatic carbocycles. The maximum absolute atomic E-state index is 14.9. The molecule has 1 N–H and O–H groups in total. The van der Waals surface area contributed by atoms with Crippen molar-refractivity contribution in [3.05, 3.63) is 82.4 Å². The topological polar surface area (TPSA) is 96.6 Å². The van der Waals surface area contributed by atoms with Gasteiger partial charge in [-0.25, -0.2) is 22.4 Å². The summed E-state index contributed by atoms with van der Waals surface area (Å²) in [4.78, 5) is 25.2. The van der Waals surface area contributed by atoms with Gasteiger partial charge in [0.05, 0.1) is 34.8 Å². The van der Waals surface area contributed by atoms with Crippen LogP contribution in [-0.4, -0.2) is 30.3 Å². The van der Waals surface area contributed by atoms with Crippen molar-refractivity contribution < 1.29 is 41.7 Å². The van der Waals surface area contributed by atoms with E-state index in [9.17, 15) is 37.5 Å². The second-order valence-corrected chi connectivity index (χ2v) is 9.13. The smallest absolute Gasteiger partial charge is 0.338 e. The molecule has 3 rings (SSSR count). The van der Waals surface area contributed by atoms with Crippen molar-refractivity contribution in [3.63, 3.8) is 0 Å². The van der Waals surface area contributed by atoms with E-state index < -0.39 is 82.2 Å². The molecule has 6 nitrogen and oxygen atoms in total. The molecule has 0 spiro atoms. The van der Waals surface area contributed by atoms with Crippen LogP contribution in [0.3, 0.4) is 0 Å². The molecule has 3 unspecified atom stereocenters.